The Morgan fingerprint density at radius 3 is 2.63 bits per heavy atom. The SMILES string of the molecule is CCNC(=NCc1ccnc2ccccc12)NCCc1ccc(OC)cc1. The lowest BCUT2D eigenvalue weighted by atomic mass is 10.1. The van der Waals surface area contributed by atoms with E-state index in [0.717, 1.165) is 42.1 Å². The number of guanidine groups is 1. The van der Waals surface area contributed by atoms with Crippen molar-refractivity contribution < 1.29 is 4.74 Å². The van der Waals surface area contributed by atoms with Crippen molar-refractivity contribution in [1.29, 1.82) is 0 Å². The van der Waals surface area contributed by atoms with Crippen LogP contribution in [0.25, 0.3) is 10.9 Å². The van der Waals surface area contributed by atoms with E-state index in [1.807, 2.05) is 42.6 Å². The number of hydrogen-bond acceptors (Lipinski definition) is 3. The summed E-state index contributed by atoms with van der Waals surface area (Å²) in [5.74, 6) is 1.71. The predicted octanol–water partition coefficient (Wildman–Crippen LogP) is 3.54. The van der Waals surface area contributed by atoms with Crippen LogP contribution in [0.1, 0.15) is 18.1 Å². The third-order valence-electron chi connectivity index (χ3n) is 4.36. The predicted molar refractivity (Wildman–Crippen MR) is 111 cm³/mol. The van der Waals surface area contributed by atoms with Crippen molar-refractivity contribution in [2.75, 3.05) is 20.2 Å². The van der Waals surface area contributed by atoms with Crippen LogP contribution in [0.3, 0.4) is 0 Å². The minimum Gasteiger partial charge on any atom is -0.497 e. The van der Waals surface area contributed by atoms with E-state index in [0.29, 0.717) is 6.54 Å². The Balaban J connectivity index is 1.62. The quantitative estimate of drug-likeness (QED) is 0.499. The van der Waals surface area contributed by atoms with Gasteiger partial charge in [0, 0.05) is 24.7 Å². The molecule has 140 valence electrons. The van der Waals surface area contributed by atoms with Crippen LogP contribution in [0.4, 0.5) is 0 Å². The molecule has 0 saturated heterocycles. The van der Waals surface area contributed by atoms with Crippen LogP contribution >= 0.6 is 0 Å². The molecule has 3 rings (SSSR count). The number of para-hydroxylation sites is 1. The summed E-state index contributed by atoms with van der Waals surface area (Å²) in [6.45, 7) is 4.32. The van der Waals surface area contributed by atoms with Crippen molar-refractivity contribution in [2.24, 2.45) is 4.99 Å². The van der Waals surface area contributed by atoms with Crippen LogP contribution in [0, 0.1) is 0 Å². The van der Waals surface area contributed by atoms with E-state index in [2.05, 4.69) is 40.7 Å². The van der Waals surface area contributed by atoms with Gasteiger partial charge in [0.1, 0.15) is 5.75 Å². The molecule has 5 nitrogen and oxygen atoms in total. The van der Waals surface area contributed by atoms with Gasteiger partial charge in [0.05, 0.1) is 19.2 Å². The maximum atomic E-state index is 5.20. The van der Waals surface area contributed by atoms with Crippen molar-refractivity contribution >= 4 is 16.9 Å². The molecule has 5 heteroatoms. The van der Waals surface area contributed by atoms with E-state index >= 15 is 0 Å². The molecule has 1 heterocycles. The van der Waals surface area contributed by atoms with Crippen molar-refractivity contribution in [2.45, 2.75) is 19.9 Å². The van der Waals surface area contributed by atoms with E-state index in [1.54, 1.807) is 7.11 Å². The molecule has 0 atom stereocenters. The van der Waals surface area contributed by atoms with Gasteiger partial charge in [0.2, 0.25) is 0 Å². The molecule has 1 aromatic heterocycles. The molecule has 0 bridgehead atoms. The number of nitrogens with zero attached hydrogens (tertiary/aromatic N) is 2. The van der Waals surface area contributed by atoms with Crippen molar-refractivity contribution in [3.05, 3.63) is 71.9 Å². The fourth-order valence-corrected chi connectivity index (χ4v) is 2.92. The monoisotopic (exact) mass is 362 g/mol. The van der Waals surface area contributed by atoms with Gasteiger partial charge in [-0.2, -0.15) is 0 Å². The van der Waals surface area contributed by atoms with Crippen molar-refractivity contribution in [3.63, 3.8) is 0 Å². The summed E-state index contributed by atoms with van der Waals surface area (Å²) in [5.41, 5.74) is 3.44. The average Bonchev–Trinajstić information content (AvgIpc) is 2.72. The normalized spacial score (nSPS) is 11.4. The van der Waals surface area contributed by atoms with Gasteiger partial charge in [-0.3, -0.25) is 4.98 Å². The number of aliphatic imine (C=N–C) groups is 1. The number of pyridine rings is 1. The second-order valence-electron chi connectivity index (χ2n) is 6.21. The van der Waals surface area contributed by atoms with Gasteiger partial charge in [-0.15, -0.1) is 0 Å². The molecule has 0 spiro atoms. The first-order valence-corrected chi connectivity index (χ1v) is 9.28. The van der Waals surface area contributed by atoms with E-state index in [-0.39, 0.29) is 0 Å². The molecule has 0 unspecified atom stereocenters. The zero-order chi connectivity index (χ0) is 18.9. The molecule has 2 N–H and O–H groups in total. The lowest BCUT2D eigenvalue weighted by Gasteiger charge is -2.12. The van der Waals surface area contributed by atoms with E-state index in [1.165, 1.54) is 11.1 Å². The molecule has 0 fully saturated rings. The van der Waals surface area contributed by atoms with Crippen molar-refractivity contribution in [1.82, 2.24) is 15.6 Å². The summed E-state index contributed by atoms with van der Waals surface area (Å²) in [4.78, 5) is 9.15. The second kappa shape index (κ2) is 9.57. The number of methoxy groups -OCH3 is 1. The Bertz CT molecular complexity index is 885. The first-order chi connectivity index (χ1) is 13.3. The summed E-state index contributed by atoms with van der Waals surface area (Å²) < 4.78 is 5.20. The largest absolute Gasteiger partial charge is 0.497 e. The minimum absolute atomic E-state index is 0.612. The zero-order valence-corrected chi connectivity index (χ0v) is 15.9. The number of nitrogens with one attached hydrogen (secondary N) is 2. The number of rotatable bonds is 7. The molecule has 0 aliphatic carbocycles. The summed E-state index contributed by atoms with van der Waals surface area (Å²) >= 11 is 0. The minimum atomic E-state index is 0.612. The third kappa shape index (κ3) is 5.20. The Hall–Kier alpha value is -3.08. The maximum Gasteiger partial charge on any atom is 0.191 e. The summed E-state index contributed by atoms with van der Waals surface area (Å²) in [7, 11) is 1.68. The fraction of sp³-hybridized carbons (Fsp3) is 0.273. The Morgan fingerprint density at radius 1 is 1.04 bits per heavy atom. The summed E-state index contributed by atoms with van der Waals surface area (Å²) in [5, 5.41) is 7.87. The van der Waals surface area contributed by atoms with Gasteiger partial charge in [-0.05, 0) is 48.7 Å². The highest BCUT2D eigenvalue weighted by molar-refractivity contribution is 5.83. The van der Waals surface area contributed by atoms with Crippen molar-refractivity contribution in [3.8, 4) is 5.75 Å². The highest BCUT2D eigenvalue weighted by Gasteiger charge is 2.02. The van der Waals surface area contributed by atoms with Crippen LogP contribution in [0.5, 0.6) is 5.75 Å². The fourth-order valence-electron chi connectivity index (χ4n) is 2.92. The first kappa shape index (κ1) is 18.7. The molecule has 2 aromatic carbocycles. The Labute approximate surface area is 160 Å². The maximum absolute atomic E-state index is 5.20. The molecule has 0 aliphatic heterocycles. The lowest BCUT2D eigenvalue weighted by Crippen LogP contribution is -2.38. The van der Waals surface area contributed by atoms with E-state index in [9.17, 15) is 0 Å². The van der Waals surface area contributed by atoms with Gasteiger partial charge < -0.3 is 15.4 Å². The average molecular weight is 362 g/mol. The van der Waals surface area contributed by atoms with Gasteiger partial charge >= 0.3 is 0 Å². The third-order valence-corrected chi connectivity index (χ3v) is 4.36. The molecular weight excluding hydrogens is 336 g/mol. The zero-order valence-electron chi connectivity index (χ0n) is 15.9. The molecule has 0 amide bonds. The van der Waals surface area contributed by atoms with Crippen LogP contribution in [0.15, 0.2) is 65.8 Å². The van der Waals surface area contributed by atoms with E-state index in [4.69, 9.17) is 9.73 Å². The van der Waals surface area contributed by atoms with Crippen LogP contribution in [-0.2, 0) is 13.0 Å². The van der Waals surface area contributed by atoms with Gasteiger partial charge in [-0.25, -0.2) is 4.99 Å². The van der Waals surface area contributed by atoms with Crippen LogP contribution in [0.2, 0.25) is 0 Å². The standard InChI is InChI=1S/C22H26N4O/c1-3-23-22(25-14-12-17-8-10-19(27-2)11-9-17)26-16-18-13-15-24-21-7-5-4-6-20(18)21/h4-11,13,15H,3,12,14,16H2,1-2H3,(H2,23,25,26). The molecule has 0 aliphatic rings. The number of benzene rings is 2. The number of aromatic nitrogens is 1. The van der Waals surface area contributed by atoms with Crippen LogP contribution < -0.4 is 15.4 Å². The highest BCUT2D eigenvalue weighted by Crippen LogP contribution is 2.16. The Kier molecular flexibility index (Phi) is 6.63. The lowest BCUT2D eigenvalue weighted by molar-refractivity contribution is 0.414. The number of ether oxygens (including phenoxy) is 1. The Morgan fingerprint density at radius 2 is 1.85 bits per heavy atom. The topological polar surface area (TPSA) is 58.5 Å². The van der Waals surface area contributed by atoms with Gasteiger partial charge in [0.15, 0.2) is 5.96 Å². The molecule has 0 radical (unpaired) electrons. The molecular formula is C22H26N4O. The van der Waals surface area contributed by atoms with Crippen LogP contribution in [-0.4, -0.2) is 31.1 Å². The highest BCUT2D eigenvalue weighted by atomic mass is 16.5. The molecule has 3 aromatic rings. The molecule has 0 saturated carbocycles. The summed E-state index contributed by atoms with van der Waals surface area (Å²) in [6.07, 6.45) is 2.77. The van der Waals surface area contributed by atoms with Gasteiger partial charge in [0.25, 0.3) is 0 Å². The summed E-state index contributed by atoms with van der Waals surface area (Å²) in [6, 6.07) is 18.4. The number of hydrogen-bond donors (Lipinski definition) is 2. The molecule has 27 heavy (non-hydrogen) atoms. The second-order valence-corrected chi connectivity index (χ2v) is 6.21. The number of fused-ring (bicyclic) bond motifs is 1. The smallest absolute Gasteiger partial charge is 0.191 e. The first-order valence-electron chi connectivity index (χ1n) is 9.28. The van der Waals surface area contributed by atoms with E-state index < -0.39 is 0 Å². The van der Waals surface area contributed by atoms with Gasteiger partial charge in [-0.1, -0.05) is 30.3 Å².